The monoisotopic (exact) mass is 605 g/mol. The van der Waals surface area contributed by atoms with Gasteiger partial charge in [0.05, 0.1) is 36.5 Å². The van der Waals surface area contributed by atoms with Gasteiger partial charge in [-0.1, -0.05) is 56.3 Å². The van der Waals surface area contributed by atoms with Crippen molar-refractivity contribution in [3.63, 3.8) is 0 Å². The van der Waals surface area contributed by atoms with Crippen LogP contribution in [0.15, 0.2) is 54.6 Å². The zero-order valence-electron chi connectivity index (χ0n) is 26.3. The minimum Gasteiger partial charge on any atom is -0.474 e. The second-order valence-electron chi connectivity index (χ2n) is 13.1. The second kappa shape index (κ2) is 12.5. The number of benzene rings is 2. The first-order chi connectivity index (χ1) is 20.8. The van der Waals surface area contributed by atoms with Gasteiger partial charge in [-0.25, -0.2) is 14.3 Å². The van der Waals surface area contributed by atoms with Gasteiger partial charge in [0.15, 0.2) is 0 Å². The van der Waals surface area contributed by atoms with Gasteiger partial charge in [-0.3, -0.25) is 5.32 Å². The number of morpholine rings is 1. The smallest absolute Gasteiger partial charge is 0.410 e. The molecule has 0 radical (unpaired) electrons. The van der Waals surface area contributed by atoms with Gasteiger partial charge in [0.25, 0.3) is 0 Å². The largest absolute Gasteiger partial charge is 0.474 e. The van der Waals surface area contributed by atoms with Crippen LogP contribution in [0.4, 0.5) is 15.4 Å². The molecule has 2 aromatic carbocycles. The molecule has 44 heavy (non-hydrogen) atoms. The van der Waals surface area contributed by atoms with Gasteiger partial charge in [-0.05, 0) is 62.8 Å². The van der Waals surface area contributed by atoms with Crippen LogP contribution in [0.2, 0.25) is 0 Å². The molecule has 3 aromatic rings. The van der Waals surface area contributed by atoms with Crippen molar-refractivity contribution in [3.8, 4) is 11.6 Å². The summed E-state index contributed by atoms with van der Waals surface area (Å²) in [5, 5.41) is 21.7. The summed E-state index contributed by atoms with van der Waals surface area (Å²) < 4.78 is 19.1. The fourth-order valence-corrected chi connectivity index (χ4v) is 5.80. The predicted molar refractivity (Wildman–Crippen MR) is 166 cm³/mol. The molecule has 11 nitrogen and oxygen atoms in total. The number of ether oxygens (including phenoxy) is 3. The third-order valence-corrected chi connectivity index (χ3v) is 7.92. The van der Waals surface area contributed by atoms with Crippen LogP contribution < -0.4 is 15.4 Å². The number of urea groups is 1. The van der Waals surface area contributed by atoms with Crippen LogP contribution in [-0.2, 0) is 14.9 Å². The fourth-order valence-electron chi connectivity index (χ4n) is 5.80. The molecule has 11 heteroatoms. The third kappa shape index (κ3) is 7.00. The lowest BCUT2D eigenvalue weighted by Crippen LogP contribution is -2.49. The Morgan fingerprint density at radius 1 is 1.11 bits per heavy atom. The van der Waals surface area contributed by atoms with E-state index in [9.17, 15) is 14.7 Å². The molecular formula is C33H43N5O6. The predicted octanol–water partition coefficient (Wildman–Crippen LogP) is 5.10. The highest BCUT2D eigenvalue weighted by Gasteiger charge is 2.39. The molecule has 1 aromatic heterocycles. The molecule has 1 aliphatic heterocycles. The SMILES string of the molecule is Cc1c(OC[C@H]2CN(C(=O)OC(C)(C)C)CCO2)nn(-c2ccccc2)c1NC(=O)NC1c2ccccc2C(C)(C)CC1O. The Bertz CT molecular complexity index is 1480. The molecule has 236 valence electrons. The lowest BCUT2D eigenvalue weighted by Gasteiger charge is -2.40. The van der Waals surface area contributed by atoms with Crippen molar-refractivity contribution in [1.82, 2.24) is 20.0 Å². The normalized spacial score (nSPS) is 21.2. The van der Waals surface area contributed by atoms with E-state index >= 15 is 0 Å². The van der Waals surface area contributed by atoms with Gasteiger partial charge >= 0.3 is 12.1 Å². The fraction of sp³-hybridized carbons (Fsp3) is 0.485. The number of carbonyl (C=O) groups is 2. The van der Waals surface area contributed by atoms with Gasteiger partial charge in [-0.2, -0.15) is 0 Å². The zero-order valence-corrected chi connectivity index (χ0v) is 26.3. The number of aliphatic hydroxyl groups excluding tert-OH is 1. The quantitative estimate of drug-likeness (QED) is 0.357. The minimum atomic E-state index is -0.750. The Morgan fingerprint density at radius 3 is 2.55 bits per heavy atom. The first-order valence-corrected chi connectivity index (χ1v) is 15.0. The van der Waals surface area contributed by atoms with Gasteiger partial charge < -0.3 is 29.5 Å². The third-order valence-electron chi connectivity index (χ3n) is 7.92. The molecule has 2 unspecified atom stereocenters. The molecule has 5 rings (SSSR count). The van der Waals surface area contributed by atoms with E-state index in [1.807, 2.05) is 76.2 Å². The summed E-state index contributed by atoms with van der Waals surface area (Å²) in [6.45, 7) is 12.8. The van der Waals surface area contributed by atoms with E-state index < -0.39 is 23.8 Å². The van der Waals surface area contributed by atoms with Gasteiger partial charge in [0.1, 0.15) is 24.1 Å². The van der Waals surface area contributed by atoms with E-state index in [4.69, 9.17) is 14.2 Å². The summed E-state index contributed by atoms with van der Waals surface area (Å²) in [4.78, 5) is 27.7. The Kier molecular flexibility index (Phi) is 8.90. The van der Waals surface area contributed by atoms with E-state index in [-0.39, 0.29) is 24.2 Å². The van der Waals surface area contributed by atoms with Crippen molar-refractivity contribution in [1.29, 1.82) is 0 Å². The Balaban J connectivity index is 1.32. The number of hydrogen-bond acceptors (Lipinski definition) is 7. The van der Waals surface area contributed by atoms with E-state index in [0.717, 1.165) is 16.8 Å². The summed E-state index contributed by atoms with van der Waals surface area (Å²) in [5.74, 6) is 0.759. The molecule has 3 N–H and O–H groups in total. The van der Waals surface area contributed by atoms with E-state index in [1.165, 1.54) is 0 Å². The molecule has 1 fully saturated rings. The maximum atomic E-state index is 13.5. The number of aliphatic hydroxyl groups is 1. The average Bonchev–Trinajstić information content (AvgIpc) is 3.28. The maximum absolute atomic E-state index is 13.5. The number of rotatable bonds is 6. The van der Waals surface area contributed by atoms with Crippen molar-refractivity contribution >= 4 is 17.9 Å². The highest BCUT2D eigenvalue weighted by molar-refractivity contribution is 5.90. The number of amides is 3. The zero-order chi connectivity index (χ0) is 31.6. The molecule has 3 amide bonds. The number of anilines is 1. The number of hydrogen-bond donors (Lipinski definition) is 3. The molecular weight excluding hydrogens is 562 g/mol. The van der Waals surface area contributed by atoms with Crippen LogP contribution in [0.1, 0.15) is 63.8 Å². The summed E-state index contributed by atoms with van der Waals surface area (Å²) in [6.07, 6.45) is -1.00. The molecule has 2 aliphatic rings. The second-order valence-corrected chi connectivity index (χ2v) is 13.1. The first kappa shape index (κ1) is 31.3. The Hall–Kier alpha value is -4.09. The maximum Gasteiger partial charge on any atom is 0.410 e. The van der Waals surface area contributed by atoms with Crippen molar-refractivity contribution in [2.24, 2.45) is 0 Å². The summed E-state index contributed by atoms with van der Waals surface area (Å²) in [6, 6.07) is 16.3. The molecule has 2 heterocycles. The number of fused-ring (bicyclic) bond motifs is 1. The number of para-hydroxylation sites is 1. The van der Waals surface area contributed by atoms with Gasteiger partial charge in [-0.15, -0.1) is 5.10 Å². The Labute approximate surface area is 258 Å². The summed E-state index contributed by atoms with van der Waals surface area (Å²) >= 11 is 0. The standard InChI is InChI=1S/C33H43N5O6/c1-21-28(35-30(40)34-27-24-14-10-11-15-25(24)33(5,6)18-26(27)39)38(22-12-8-7-9-13-22)36-29(21)43-20-23-19-37(16-17-42-23)31(41)44-32(2,3)4/h7-15,23,26-27,39H,16-20H2,1-6H3,(H2,34,35,40)/t23-,26?,27?/m1/s1. The van der Waals surface area contributed by atoms with Crippen molar-refractivity contribution in [2.75, 3.05) is 31.6 Å². The van der Waals surface area contributed by atoms with Gasteiger partial charge in [0, 0.05) is 6.54 Å². The van der Waals surface area contributed by atoms with Gasteiger partial charge in [0.2, 0.25) is 5.88 Å². The van der Waals surface area contributed by atoms with Crippen LogP contribution >= 0.6 is 0 Å². The van der Waals surface area contributed by atoms with Crippen LogP contribution in [0.3, 0.4) is 0 Å². The molecule has 1 saturated heterocycles. The van der Waals surface area contributed by atoms with Crippen molar-refractivity contribution in [3.05, 3.63) is 71.3 Å². The van der Waals surface area contributed by atoms with Crippen LogP contribution in [0.5, 0.6) is 5.88 Å². The lowest BCUT2D eigenvalue weighted by molar-refractivity contribution is -0.0562. The average molecular weight is 606 g/mol. The van der Waals surface area contributed by atoms with E-state index in [2.05, 4.69) is 35.6 Å². The molecule has 0 spiro atoms. The Morgan fingerprint density at radius 2 is 1.82 bits per heavy atom. The molecule has 1 aliphatic carbocycles. The lowest BCUT2D eigenvalue weighted by atomic mass is 9.70. The van der Waals surface area contributed by atoms with E-state index in [0.29, 0.717) is 43.4 Å². The topological polar surface area (TPSA) is 127 Å². The highest BCUT2D eigenvalue weighted by Crippen LogP contribution is 2.41. The summed E-state index contributed by atoms with van der Waals surface area (Å²) in [5.41, 5.74) is 2.55. The van der Waals surface area contributed by atoms with E-state index in [1.54, 1.807) is 9.58 Å². The molecule has 0 bridgehead atoms. The number of aromatic nitrogens is 2. The minimum absolute atomic E-state index is 0.151. The number of nitrogens with zero attached hydrogens (tertiary/aromatic N) is 3. The summed E-state index contributed by atoms with van der Waals surface area (Å²) in [7, 11) is 0. The first-order valence-electron chi connectivity index (χ1n) is 15.0. The van der Waals surface area contributed by atoms with Crippen molar-refractivity contribution < 1.29 is 28.9 Å². The molecule has 0 saturated carbocycles. The van der Waals surface area contributed by atoms with Crippen LogP contribution in [0.25, 0.3) is 5.69 Å². The van der Waals surface area contributed by atoms with Crippen molar-refractivity contribution in [2.45, 2.75) is 77.2 Å². The van der Waals surface area contributed by atoms with Crippen LogP contribution in [0, 0.1) is 6.92 Å². The number of carbonyl (C=O) groups excluding carboxylic acids is 2. The van der Waals surface area contributed by atoms with Crippen LogP contribution in [-0.4, -0.2) is 76.0 Å². The number of nitrogens with one attached hydrogen (secondary N) is 2. The molecule has 3 atom stereocenters. The highest BCUT2D eigenvalue weighted by atomic mass is 16.6.